The molecule has 0 aliphatic rings. The van der Waals surface area contributed by atoms with E-state index in [-0.39, 0.29) is 0 Å². The highest BCUT2D eigenvalue weighted by molar-refractivity contribution is 7.07. The molecule has 17 heavy (non-hydrogen) atoms. The first-order valence-electron chi connectivity index (χ1n) is 4.70. The molecule has 0 saturated carbocycles. The van der Waals surface area contributed by atoms with E-state index in [1.807, 2.05) is 5.38 Å². The second-order valence-electron chi connectivity index (χ2n) is 3.26. The van der Waals surface area contributed by atoms with Crippen molar-refractivity contribution in [2.75, 3.05) is 5.32 Å². The fourth-order valence-corrected chi connectivity index (χ4v) is 1.73. The van der Waals surface area contributed by atoms with Gasteiger partial charge in [-0.25, -0.2) is 9.97 Å². The van der Waals surface area contributed by atoms with Gasteiger partial charge in [0.25, 0.3) is 0 Å². The Hall–Kier alpha value is -1.63. The lowest BCUT2D eigenvalue weighted by Gasteiger charge is -2.07. The second-order valence-corrected chi connectivity index (χ2v) is 3.98. The molecule has 0 saturated heterocycles. The zero-order valence-corrected chi connectivity index (χ0v) is 9.35. The topological polar surface area (TPSA) is 37.8 Å². The maximum absolute atomic E-state index is 12.3. The molecule has 0 spiro atoms. The van der Waals surface area contributed by atoms with E-state index in [1.54, 1.807) is 5.51 Å². The number of nitrogens with zero attached hydrogens (tertiary/aromatic N) is 2. The molecule has 0 amide bonds. The normalized spacial score (nSPS) is 11.5. The average molecular weight is 259 g/mol. The molecule has 0 unspecified atom stereocenters. The van der Waals surface area contributed by atoms with Crippen LogP contribution in [0.1, 0.15) is 11.3 Å². The lowest BCUT2D eigenvalue weighted by atomic mass is 10.3. The van der Waals surface area contributed by atoms with Crippen LogP contribution in [0, 0.1) is 0 Å². The van der Waals surface area contributed by atoms with Gasteiger partial charge in [0, 0.05) is 11.6 Å². The largest absolute Gasteiger partial charge is 0.417 e. The molecule has 0 bridgehead atoms. The van der Waals surface area contributed by atoms with Gasteiger partial charge in [-0.1, -0.05) is 0 Å². The van der Waals surface area contributed by atoms with Crippen molar-refractivity contribution in [2.24, 2.45) is 0 Å². The van der Waals surface area contributed by atoms with E-state index < -0.39 is 11.7 Å². The van der Waals surface area contributed by atoms with Gasteiger partial charge in [-0.2, -0.15) is 13.2 Å². The van der Waals surface area contributed by atoms with Crippen molar-refractivity contribution in [3.63, 3.8) is 0 Å². The summed E-state index contributed by atoms with van der Waals surface area (Å²) in [6.07, 6.45) is -3.54. The predicted molar refractivity (Wildman–Crippen MR) is 58.7 cm³/mol. The molecule has 2 aromatic heterocycles. The summed E-state index contributed by atoms with van der Waals surface area (Å²) in [5, 5.41) is 4.75. The molecule has 7 heteroatoms. The van der Waals surface area contributed by atoms with Crippen LogP contribution in [0.3, 0.4) is 0 Å². The highest BCUT2D eigenvalue weighted by atomic mass is 32.1. The maximum Gasteiger partial charge on any atom is 0.417 e. The Balaban J connectivity index is 1.99. The number of aromatic nitrogens is 2. The SMILES string of the molecule is FC(F)(F)c1ccc(NCc2cscn2)nc1. The molecular formula is C10H8F3N3S. The molecule has 2 aromatic rings. The Morgan fingerprint density at radius 3 is 2.59 bits per heavy atom. The van der Waals surface area contributed by atoms with Crippen molar-refractivity contribution in [3.8, 4) is 0 Å². The van der Waals surface area contributed by atoms with E-state index in [2.05, 4.69) is 15.3 Å². The quantitative estimate of drug-likeness (QED) is 0.920. The lowest BCUT2D eigenvalue weighted by Crippen LogP contribution is -2.07. The van der Waals surface area contributed by atoms with E-state index in [9.17, 15) is 13.2 Å². The highest BCUT2D eigenvalue weighted by Crippen LogP contribution is 2.28. The number of rotatable bonds is 3. The summed E-state index contributed by atoms with van der Waals surface area (Å²) in [6, 6.07) is 2.30. The molecule has 2 rings (SSSR count). The summed E-state index contributed by atoms with van der Waals surface area (Å²) in [5.74, 6) is 0.394. The smallest absolute Gasteiger partial charge is 0.364 e. The predicted octanol–water partition coefficient (Wildman–Crippen LogP) is 3.17. The van der Waals surface area contributed by atoms with E-state index in [0.29, 0.717) is 12.4 Å². The van der Waals surface area contributed by atoms with Crippen molar-refractivity contribution >= 4 is 17.2 Å². The van der Waals surface area contributed by atoms with Crippen LogP contribution in [0.4, 0.5) is 19.0 Å². The minimum Gasteiger partial charge on any atom is -0.364 e. The Morgan fingerprint density at radius 2 is 2.06 bits per heavy atom. The molecule has 0 fully saturated rings. The van der Waals surface area contributed by atoms with E-state index in [1.165, 1.54) is 17.4 Å². The molecule has 90 valence electrons. The minimum atomic E-state index is -4.35. The van der Waals surface area contributed by atoms with Crippen molar-refractivity contribution < 1.29 is 13.2 Å². The third kappa shape index (κ3) is 3.16. The van der Waals surface area contributed by atoms with Crippen LogP contribution in [0.5, 0.6) is 0 Å². The third-order valence-electron chi connectivity index (χ3n) is 2.02. The number of hydrogen-bond donors (Lipinski definition) is 1. The second kappa shape index (κ2) is 4.70. The van der Waals surface area contributed by atoms with Crippen molar-refractivity contribution in [2.45, 2.75) is 12.7 Å². The number of alkyl halides is 3. The molecule has 0 aromatic carbocycles. The first kappa shape index (κ1) is 11.8. The summed E-state index contributed by atoms with van der Waals surface area (Å²) in [7, 11) is 0. The third-order valence-corrected chi connectivity index (χ3v) is 2.66. The van der Waals surface area contributed by atoms with Gasteiger partial charge in [0.15, 0.2) is 0 Å². The zero-order valence-electron chi connectivity index (χ0n) is 8.53. The number of halogens is 3. The average Bonchev–Trinajstić information content (AvgIpc) is 2.78. The molecule has 0 atom stereocenters. The fraction of sp³-hybridized carbons (Fsp3) is 0.200. The molecule has 1 N–H and O–H groups in total. The number of thiazole rings is 1. The van der Waals surface area contributed by atoms with Gasteiger partial charge in [-0.15, -0.1) is 11.3 Å². The van der Waals surface area contributed by atoms with Crippen molar-refractivity contribution in [3.05, 3.63) is 40.5 Å². The minimum absolute atomic E-state index is 0.394. The maximum atomic E-state index is 12.3. The molecule has 2 heterocycles. The van der Waals surface area contributed by atoms with Gasteiger partial charge in [-0.05, 0) is 12.1 Å². The summed E-state index contributed by atoms with van der Waals surface area (Å²) in [6.45, 7) is 0.446. The Kier molecular flexibility index (Phi) is 3.28. The lowest BCUT2D eigenvalue weighted by molar-refractivity contribution is -0.137. The number of nitrogens with one attached hydrogen (secondary N) is 1. The number of anilines is 1. The van der Waals surface area contributed by atoms with Gasteiger partial charge in [0.2, 0.25) is 0 Å². The molecular weight excluding hydrogens is 251 g/mol. The fourth-order valence-electron chi connectivity index (χ4n) is 1.17. The standard InChI is InChI=1S/C10H8F3N3S/c11-10(12,13)7-1-2-9(14-3-7)15-4-8-5-17-6-16-8/h1-3,5-6H,4H2,(H,14,15). The van der Waals surface area contributed by atoms with Crippen LogP contribution in [-0.4, -0.2) is 9.97 Å². The van der Waals surface area contributed by atoms with E-state index in [4.69, 9.17) is 0 Å². The van der Waals surface area contributed by atoms with Crippen LogP contribution in [0.15, 0.2) is 29.2 Å². The van der Waals surface area contributed by atoms with E-state index in [0.717, 1.165) is 18.0 Å². The first-order valence-corrected chi connectivity index (χ1v) is 5.64. The Labute approximate surface area is 99.3 Å². The van der Waals surface area contributed by atoms with Crippen molar-refractivity contribution in [1.29, 1.82) is 0 Å². The molecule has 0 aliphatic heterocycles. The Morgan fingerprint density at radius 1 is 1.24 bits per heavy atom. The van der Waals surface area contributed by atoms with Crippen LogP contribution < -0.4 is 5.32 Å². The molecule has 0 aliphatic carbocycles. The van der Waals surface area contributed by atoms with Gasteiger partial charge in [0.1, 0.15) is 5.82 Å². The first-order chi connectivity index (χ1) is 8.05. The number of pyridine rings is 1. The van der Waals surface area contributed by atoms with Gasteiger partial charge in [-0.3, -0.25) is 0 Å². The monoisotopic (exact) mass is 259 g/mol. The highest BCUT2D eigenvalue weighted by Gasteiger charge is 2.30. The summed E-state index contributed by atoms with van der Waals surface area (Å²) in [5.41, 5.74) is 1.77. The summed E-state index contributed by atoms with van der Waals surface area (Å²) >= 11 is 1.46. The van der Waals surface area contributed by atoms with Crippen LogP contribution in [0.2, 0.25) is 0 Å². The van der Waals surface area contributed by atoms with Crippen LogP contribution >= 0.6 is 11.3 Å². The van der Waals surface area contributed by atoms with Gasteiger partial charge >= 0.3 is 6.18 Å². The summed E-state index contributed by atoms with van der Waals surface area (Å²) < 4.78 is 36.8. The molecule has 0 radical (unpaired) electrons. The summed E-state index contributed by atoms with van der Waals surface area (Å²) in [4.78, 5) is 7.73. The van der Waals surface area contributed by atoms with Gasteiger partial charge in [0.05, 0.1) is 23.3 Å². The van der Waals surface area contributed by atoms with Crippen LogP contribution in [-0.2, 0) is 12.7 Å². The Bertz CT molecular complexity index is 465. The van der Waals surface area contributed by atoms with Gasteiger partial charge < -0.3 is 5.32 Å². The molecule has 3 nitrogen and oxygen atoms in total. The van der Waals surface area contributed by atoms with Crippen LogP contribution in [0.25, 0.3) is 0 Å². The zero-order chi connectivity index (χ0) is 12.3. The van der Waals surface area contributed by atoms with Crippen molar-refractivity contribution in [1.82, 2.24) is 9.97 Å². The number of hydrogen-bond acceptors (Lipinski definition) is 4. The van der Waals surface area contributed by atoms with E-state index >= 15 is 0 Å².